The lowest BCUT2D eigenvalue weighted by Crippen LogP contribution is -2.54. The Balaban J connectivity index is 0.00000187. The molecule has 1 heterocycles. The summed E-state index contributed by atoms with van der Waals surface area (Å²) in [6, 6.07) is 3.70. The lowest BCUT2D eigenvalue weighted by molar-refractivity contribution is -0.211. The maximum Gasteiger partial charge on any atom is 0.394 e. The molecule has 9 nitrogen and oxygen atoms in total. The van der Waals surface area contributed by atoms with Crippen LogP contribution < -0.4 is 10.1 Å². The van der Waals surface area contributed by atoms with Gasteiger partial charge in [0.15, 0.2) is 5.69 Å². The second kappa shape index (κ2) is 13.6. The highest BCUT2D eigenvalue weighted by molar-refractivity contribution is 7.51. The Hall–Kier alpha value is -2.62. The average molecular weight is 632 g/mol. The van der Waals surface area contributed by atoms with Crippen molar-refractivity contribution in [2.75, 3.05) is 6.54 Å². The van der Waals surface area contributed by atoms with E-state index in [1.165, 1.54) is 19.2 Å². The predicted molar refractivity (Wildman–Crippen MR) is 139 cm³/mol. The molecule has 1 aromatic heterocycles. The van der Waals surface area contributed by atoms with Crippen LogP contribution in [0.25, 0.3) is 11.3 Å². The van der Waals surface area contributed by atoms with Gasteiger partial charge in [0.05, 0.1) is 22.2 Å². The van der Waals surface area contributed by atoms with Gasteiger partial charge in [-0.15, -0.1) is 0 Å². The Labute approximate surface area is 241 Å². The molecule has 3 atom stereocenters. The van der Waals surface area contributed by atoms with E-state index in [0.717, 1.165) is 24.6 Å². The Morgan fingerprint density at radius 1 is 1.32 bits per heavy atom. The minimum absolute atomic E-state index is 0.00627. The van der Waals surface area contributed by atoms with Crippen molar-refractivity contribution in [1.29, 1.82) is 0 Å². The van der Waals surface area contributed by atoms with Crippen molar-refractivity contribution >= 4 is 29.1 Å². The van der Waals surface area contributed by atoms with E-state index in [1.54, 1.807) is 0 Å². The molecule has 1 aromatic carbocycles. The van der Waals surface area contributed by atoms with Crippen molar-refractivity contribution in [3.05, 3.63) is 34.5 Å². The first-order valence-corrected chi connectivity index (χ1v) is 13.4. The van der Waals surface area contributed by atoms with Gasteiger partial charge in [-0.25, -0.2) is 0 Å². The molecule has 3 N–H and O–H groups in total. The number of benzene rings is 1. The van der Waals surface area contributed by atoms with Crippen molar-refractivity contribution in [3.63, 3.8) is 0 Å². The van der Waals surface area contributed by atoms with Crippen molar-refractivity contribution in [1.82, 2.24) is 15.1 Å². The van der Waals surface area contributed by atoms with E-state index >= 15 is 0 Å². The number of alkyl halides is 5. The van der Waals surface area contributed by atoms with E-state index in [0.29, 0.717) is 12.8 Å². The largest absolute Gasteiger partial charge is 0.434 e. The number of nitrogens with zero attached hydrogens (tertiary/aromatic N) is 2. The molecule has 1 saturated carbocycles. The molecule has 3 rings (SSSR count). The van der Waals surface area contributed by atoms with Gasteiger partial charge in [-0.05, 0) is 49.3 Å². The summed E-state index contributed by atoms with van der Waals surface area (Å²) in [7, 11) is 1.41. The number of carbonyl (C=O) groups is 1. The normalized spacial score (nSPS) is 21.2. The van der Waals surface area contributed by atoms with Gasteiger partial charge in [-0.3, -0.25) is 9.48 Å². The van der Waals surface area contributed by atoms with Crippen LogP contribution in [0.1, 0.15) is 56.1 Å². The standard InChI is InChI=1S/C25H31ClF5N3O4.O2S/c1-13-7-8-24(37,17(35)9-13)12-32-21(36)19-18(26)20(34(4)33-19)15-6-5-14(10-16(15)38-22(27)28)11-23(2,3)25(29,30)31;1-3-2/h5-6,10,13,17,22,35,37H,7-9,11-12H2,1-4H3,(H,32,36);/t13-,17-,24-;/m0./s1. The van der Waals surface area contributed by atoms with Crippen LogP contribution in [0.2, 0.25) is 5.02 Å². The first kappa shape index (κ1) is 34.6. The van der Waals surface area contributed by atoms with Crippen LogP contribution in [0, 0.1) is 11.3 Å². The van der Waals surface area contributed by atoms with Gasteiger partial charge in [-0.1, -0.05) is 38.4 Å². The van der Waals surface area contributed by atoms with E-state index < -0.39 is 59.6 Å². The van der Waals surface area contributed by atoms with Crippen LogP contribution in [0.4, 0.5) is 22.0 Å². The van der Waals surface area contributed by atoms with Gasteiger partial charge in [0.2, 0.25) is 0 Å². The fourth-order valence-corrected chi connectivity index (χ4v) is 4.86. The minimum atomic E-state index is -4.53. The Bertz CT molecular complexity index is 1270. The molecule has 1 aliphatic carbocycles. The monoisotopic (exact) mass is 631 g/mol. The van der Waals surface area contributed by atoms with E-state index in [-0.39, 0.29) is 46.4 Å². The number of aromatic nitrogens is 2. The number of amides is 1. The number of hydrogen-bond donors (Lipinski definition) is 3. The molecule has 0 spiro atoms. The Morgan fingerprint density at radius 3 is 2.46 bits per heavy atom. The third-order valence-electron chi connectivity index (χ3n) is 7.01. The van der Waals surface area contributed by atoms with Gasteiger partial charge < -0.3 is 20.3 Å². The maximum absolute atomic E-state index is 13.4. The van der Waals surface area contributed by atoms with Gasteiger partial charge in [-0.2, -0.15) is 35.5 Å². The summed E-state index contributed by atoms with van der Waals surface area (Å²) in [6.07, 6.45) is -4.72. The third kappa shape index (κ3) is 8.46. The van der Waals surface area contributed by atoms with Gasteiger partial charge in [0.25, 0.3) is 5.91 Å². The summed E-state index contributed by atoms with van der Waals surface area (Å²) in [4.78, 5) is 12.9. The maximum atomic E-state index is 13.4. The number of hydrogen-bond acceptors (Lipinski definition) is 7. The molecular weight excluding hydrogens is 601 g/mol. The molecule has 1 aliphatic rings. The third-order valence-corrected chi connectivity index (χ3v) is 7.36. The molecular formula is C25H31ClF5N3O6S. The van der Waals surface area contributed by atoms with Gasteiger partial charge in [0, 0.05) is 19.2 Å². The topological polar surface area (TPSA) is 131 Å². The van der Waals surface area contributed by atoms with Crippen molar-refractivity contribution in [2.24, 2.45) is 18.4 Å². The second-order valence-corrected chi connectivity index (χ2v) is 11.2. The number of halogens is 6. The fourth-order valence-electron chi connectivity index (χ4n) is 4.52. The summed E-state index contributed by atoms with van der Waals surface area (Å²) in [5.41, 5.74) is -3.79. The Kier molecular flexibility index (Phi) is 11.4. The molecule has 0 radical (unpaired) electrons. The van der Waals surface area contributed by atoms with Gasteiger partial charge in [0.1, 0.15) is 11.4 Å². The van der Waals surface area contributed by atoms with Crippen LogP contribution in [0.5, 0.6) is 5.75 Å². The number of aryl methyl sites for hydroxylation is 1. The van der Waals surface area contributed by atoms with E-state index in [4.69, 9.17) is 20.0 Å². The molecule has 16 heteroatoms. The highest BCUT2D eigenvalue weighted by atomic mass is 35.5. The zero-order valence-corrected chi connectivity index (χ0v) is 24.2. The van der Waals surface area contributed by atoms with E-state index in [2.05, 4.69) is 15.2 Å². The lowest BCUT2D eigenvalue weighted by Gasteiger charge is -2.39. The number of rotatable bonds is 8. The summed E-state index contributed by atoms with van der Waals surface area (Å²) in [5.74, 6) is -0.971. The van der Waals surface area contributed by atoms with Gasteiger partial charge >= 0.3 is 24.4 Å². The molecule has 2 aromatic rings. The fraction of sp³-hybridized carbons (Fsp3) is 0.600. The SMILES string of the molecule is C[C@H]1CC[C@](O)(CNC(=O)c2nn(C)c(-c3ccc(CC(C)(C)C(F)(F)F)cc3OC(F)F)c2Cl)[C@@H](O)C1.O=S=O. The molecule has 41 heavy (non-hydrogen) atoms. The summed E-state index contributed by atoms with van der Waals surface area (Å²) >= 11 is 5.68. The number of ether oxygens (including phenoxy) is 1. The van der Waals surface area contributed by atoms with E-state index in [1.807, 2.05) is 6.92 Å². The number of carbonyl (C=O) groups excluding carboxylic acids is 1. The molecule has 1 amide bonds. The van der Waals surface area contributed by atoms with Crippen LogP contribution in [-0.4, -0.2) is 65.4 Å². The quantitative estimate of drug-likeness (QED) is 0.367. The lowest BCUT2D eigenvalue weighted by atomic mass is 9.77. The number of nitrogens with one attached hydrogen (secondary N) is 1. The molecule has 0 unspecified atom stereocenters. The highest BCUT2D eigenvalue weighted by Gasteiger charge is 2.47. The first-order valence-electron chi connectivity index (χ1n) is 12.3. The zero-order valence-electron chi connectivity index (χ0n) is 22.6. The Morgan fingerprint density at radius 2 is 1.93 bits per heavy atom. The van der Waals surface area contributed by atoms with Crippen LogP contribution in [-0.2, 0) is 25.0 Å². The molecule has 1 fully saturated rings. The summed E-state index contributed by atoms with van der Waals surface area (Å²) in [5, 5.41) is 27.4. The molecule has 0 aliphatic heterocycles. The first-order chi connectivity index (χ1) is 18.9. The molecule has 230 valence electrons. The zero-order chi connectivity index (χ0) is 31.3. The number of aliphatic hydroxyl groups excluding tert-OH is 1. The van der Waals surface area contributed by atoms with Crippen LogP contribution in [0.3, 0.4) is 0 Å². The van der Waals surface area contributed by atoms with E-state index in [9.17, 15) is 37.0 Å². The smallest absolute Gasteiger partial charge is 0.394 e. The second-order valence-electron chi connectivity index (χ2n) is 10.7. The summed E-state index contributed by atoms with van der Waals surface area (Å²) < 4.78 is 88.8. The van der Waals surface area contributed by atoms with Crippen LogP contribution >= 0.6 is 11.6 Å². The van der Waals surface area contributed by atoms with Crippen molar-refractivity contribution < 1.29 is 50.1 Å². The minimum Gasteiger partial charge on any atom is -0.434 e. The van der Waals surface area contributed by atoms with Crippen LogP contribution in [0.15, 0.2) is 18.2 Å². The highest BCUT2D eigenvalue weighted by Crippen LogP contribution is 2.43. The average Bonchev–Trinajstić information content (AvgIpc) is 3.13. The van der Waals surface area contributed by atoms with Crippen molar-refractivity contribution in [3.8, 4) is 17.0 Å². The predicted octanol–water partition coefficient (Wildman–Crippen LogP) is 4.44. The summed E-state index contributed by atoms with van der Waals surface area (Å²) in [6.45, 7) is 0.416. The number of aliphatic hydroxyl groups is 2. The molecule has 0 bridgehead atoms. The molecule has 0 saturated heterocycles. The van der Waals surface area contributed by atoms with Crippen molar-refractivity contribution in [2.45, 2.75) is 70.9 Å².